The number of phenolic OH excluding ortho intramolecular Hbond substituents is 1. The number of alkyl halides is 1. The summed E-state index contributed by atoms with van der Waals surface area (Å²) in [6.45, 7) is 2.82. The van der Waals surface area contributed by atoms with Crippen LogP contribution in [0.15, 0.2) is 18.2 Å². The second kappa shape index (κ2) is 6.29. The summed E-state index contributed by atoms with van der Waals surface area (Å²) in [4.78, 5) is 13.8. The number of carbonyl (C=O) groups excluding carboxylic acids is 1. The first kappa shape index (κ1) is 14.2. The summed E-state index contributed by atoms with van der Waals surface area (Å²) >= 11 is 5.70. The fourth-order valence-electron chi connectivity index (χ4n) is 2.86. The number of phenols is 1. The van der Waals surface area contributed by atoms with Gasteiger partial charge in [-0.25, -0.2) is 0 Å². The van der Waals surface area contributed by atoms with Crippen molar-refractivity contribution in [3.8, 4) is 5.75 Å². The van der Waals surface area contributed by atoms with Crippen LogP contribution in [0.5, 0.6) is 5.75 Å². The summed E-state index contributed by atoms with van der Waals surface area (Å²) in [6, 6.07) is 5.84. The Bertz CT molecular complexity index is 461. The maximum atomic E-state index is 11.9. The molecule has 0 saturated carbocycles. The third kappa shape index (κ3) is 3.03. The Labute approximate surface area is 119 Å². The average molecular weight is 282 g/mol. The van der Waals surface area contributed by atoms with Crippen molar-refractivity contribution in [3.63, 3.8) is 0 Å². The number of amides is 1. The van der Waals surface area contributed by atoms with Gasteiger partial charge in [0.05, 0.1) is 0 Å². The maximum Gasteiger partial charge on any atom is 0.237 e. The van der Waals surface area contributed by atoms with Gasteiger partial charge in [0.25, 0.3) is 0 Å². The van der Waals surface area contributed by atoms with Crippen LogP contribution in [-0.4, -0.2) is 34.4 Å². The Balaban J connectivity index is 2.17. The molecule has 104 valence electrons. The van der Waals surface area contributed by atoms with Crippen LogP contribution in [0.4, 0.5) is 0 Å². The highest BCUT2D eigenvalue weighted by atomic mass is 35.5. The molecule has 4 heteroatoms. The number of halogens is 1. The second-order valence-corrected chi connectivity index (χ2v) is 5.30. The van der Waals surface area contributed by atoms with E-state index in [4.69, 9.17) is 11.6 Å². The molecule has 0 spiro atoms. The molecule has 1 aliphatic rings. The van der Waals surface area contributed by atoms with E-state index in [1.54, 1.807) is 6.07 Å². The van der Waals surface area contributed by atoms with Crippen molar-refractivity contribution in [2.24, 2.45) is 0 Å². The van der Waals surface area contributed by atoms with Gasteiger partial charge in [-0.05, 0) is 42.9 Å². The molecule has 0 heterocycles. The van der Waals surface area contributed by atoms with E-state index in [0.717, 1.165) is 43.4 Å². The SMILES string of the molecule is CCCN(C(=O)CCl)[C@@H]1CCc2c(O)cccc2C1. The Morgan fingerprint density at radius 3 is 3.00 bits per heavy atom. The number of hydrogen-bond acceptors (Lipinski definition) is 2. The molecule has 1 aliphatic carbocycles. The van der Waals surface area contributed by atoms with Crippen LogP contribution < -0.4 is 0 Å². The molecule has 0 fully saturated rings. The molecule has 1 N–H and O–H groups in total. The summed E-state index contributed by atoms with van der Waals surface area (Å²) < 4.78 is 0. The van der Waals surface area contributed by atoms with Gasteiger partial charge in [-0.15, -0.1) is 11.6 Å². The van der Waals surface area contributed by atoms with Gasteiger partial charge in [0.2, 0.25) is 5.91 Å². The minimum atomic E-state index is 0.0112. The van der Waals surface area contributed by atoms with Crippen LogP contribution in [0, 0.1) is 0 Å². The highest BCUT2D eigenvalue weighted by molar-refractivity contribution is 6.27. The van der Waals surface area contributed by atoms with E-state index >= 15 is 0 Å². The van der Waals surface area contributed by atoms with Crippen LogP contribution in [0.1, 0.15) is 30.9 Å². The van der Waals surface area contributed by atoms with Crippen LogP contribution >= 0.6 is 11.6 Å². The predicted octanol–water partition coefficient (Wildman–Crippen LogP) is 2.73. The molecule has 0 aliphatic heterocycles. The van der Waals surface area contributed by atoms with Gasteiger partial charge >= 0.3 is 0 Å². The van der Waals surface area contributed by atoms with Crippen molar-refractivity contribution in [2.45, 2.75) is 38.6 Å². The average Bonchev–Trinajstić information content (AvgIpc) is 2.44. The normalized spacial score (nSPS) is 17.9. The van der Waals surface area contributed by atoms with Crippen molar-refractivity contribution in [3.05, 3.63) is 29.3 Å². The first-order chi connectivity index (χ1) is 9.17. The quantitative estimate of drug-likeness (QED) is 0.862. The Kier molecular flexibility index (Phi) is 4.70. The molecule has 3 nitrogen and oxygen atoms in total. The second-order valence-electron chi connectivity index (χ2n) is 5.03. The molecule has 2 rings (SSSR count). The monoisotopic (exact) mass is 281 g/mol. The minimum absolute atomic E-state index is 0.0112. The number of aromatic hydroxyl groups is 1. The number of fused-ring (bicyclic) bond motifs is 1. The van der Waals surface area contributed by atoms with Gasteiger partial charge in [0.15, 0.2) is 0 Å². The molecule has 0 unspecified atom stereocenters. The predicted molar refractivity (Wildman–Crippen MR) is 76.6 cm³/mol. The van der Waals surface area contributed by atoms with Gasteiger partial charge < -0.3 is 10.0 Å². The van der Waals surface area contributed by atoms with Crippen LogP contribution in [0.25, 0.3) is 0 Å². The molecule has 0 saturated heterocycles. The van der Waals surface area contributed by atoms with Crippen molar-refractivity contribution in [2.75, 3.05) is 12.4 Å². The highest BCUT2D eigenvalue weighted by Crippen LogP contribution is 2.30. The molecule has 19 heavy (non-hydrogen) atoms. The number of rotatable bonds is 4. The van der Waals surface area contributed by atoms with Crippen molar-refractivity contribution in [1.82, 2.24) is 4.90 Å². The summed E-state index contributed by atoms with van der Waals surface area (Å²) in [5.74, 6) is 0.433. The largest absolute Gasteiger partial charge is 0.508 e. The van der Waals surface area contributed by atoms with Crippen molar-refractivity contribution < 1.29 is 9.90 Å². The van der Waals surface area contributed by atoms with E-state index in [1.165, 1.54) is 0 Å². The van der Waals surface area contributed by atoms with Crippen LogP contribution in [0.2, 0.25) is 0 Å². The smallest absolute Gasteiger partial charge is 0.237 e. The molecule has 0 aromatic heterocycles. The van der Waals surface area contributed by atoms with E-state index < -0.39 is 0 Å². The lowest BCUT2D eigenvalue weighted by atomic mass is 9.87. The Morgan fingerprint density at radius 2 is 2.32 bits per heavy atom. The molecular formula is C15H20ClNO2. The Morgan fingerprint density at radius 1 is 1.53 bits per heavy atom. The van der Waals surface area contributed by atoms with E-state index in [9.17, 15) is 9.90 Å². The van der Waals surface area contributed by atoms with Gasteiger partial charge in [-0.1, -0.05) is 19.1 Å². The number of carbonyl (C=O) groups is 1. The third-order valence-electron chi connectivity index (χ3n) is 3.77. The van der Waals surface area contributed by atoms with Gasteiger partial charge in [-0.2, -0.15) is 0 Å². The summed E-state index contributed by atoms with van der Waals surface area (Å²) in [5.41, 5.74) is 2.19. The van der Waals surface area contributed by atoms with Crippen molar-refractivity contribution in [1.29, 1.82) is 0 Å². The zero-order chi connectivity index (χ0) is 13.8. The van der Waals surface area contributed by atoms with Gasteiger partial charge in [0, 0.05) is 12.6 Å². The lowest BCUT2D eigenvalue weighted by Crippen LogP contribution is -2.44. The maximum absolute atomic E-state index is 11.9. The van der Waals surface area contributed by atoms with E-state index in [2.05, 4.69) is 6.92 Å². The fourth-order valence-corrected chi connectivity index (χ4v) is 3.02. The fraction of sp³-hybridized carbons (Fsp3) is 0.533. The van der Waals surface area contributed by atoms with Crippen molar-refractivity contribution >= 4 is 17.5 Å². The topological polar surface area (TPSA) is 40.5 Å². The first-order valence-corrected chi connectivity index (χ1v) is 7.36. The molecule has 0 bridgehead atoms. The standard InChI is InChI=1S/C15H20ClNO2/c1-2-8-17(15(19)10-16)12-6-7-13-11(9-12)4-3-5-14(13)18/h3-5,12,18H,2,6-10H2,1H3/t12-/m1/s1. The first-order valence-electron chi connectivity index (χ1n) is 6.82. The van der Waals surface area contributed by atoms with E-state index in [0.29, 0.717) is 5.75 Å². The lowest BCUT2D eigenvalue weighted by Gasteiger charge is -2.35. The number of nitrogens with zero attached hydrogens (tertiary/aromatic N) is 1. The number of benzene rings is 1. The van der Waals surface area contributed by atoms with E-state index in [-0.39, 0.29) is 17.8 Å². The summed E-state index contributed by atoms with van der Waals surface area (Å²) in [5, 5.41) is 9.84. The summed E-state index contributed by atoms with van der Waals surface area (Å²) in [6.07, 6.45) is 3.47. The van der Waals surface area contributed by atoms with Crippen LogP contribution in [-0.2, 0) is 17.6 Å². The molecule has 1 aromatic carbocycles. The zero-order valence-electron chi connectivity index (χ0n) is 11.2. The molecule has 0 radical (unpaired) electrons. The number of hydrogen-bond donors (Lipinski definition) is 1. The van der Waals surface area contributed by atoms with Gasteiger partial charge in [0.1, 0.15) is 11.6 Å². The third-order valence-corrected chi connectivity index (χ3v) is 4.00. The van der Waals surface area contributed by atoms with E-state index in [1.807, 2.05) is 17.0 Å². The Hall–Kier alpha value is -1.22. The highest BCUT2D eigenvalue weighted by Gasteiger charge is 2.27. The minimum Gasteiger partial charge on any atom is -0.508 e. The summed E-state index contributed by atoms with van der Waals surface area (Å²) in [7, 11) is 0. The molecular weight excluding hydrogens is 262 g/mol. The lowest BCUT2D eigenvalue weighted by molar-refractivity contribution is -0.131. The molecule has 1 atom stereocenters. The van der Waals surface area contributed by atoms with Crippen LogP contribution in [0.3, 0.4) is 0 Å². The zero-order valence-corrected chi connectivity index (χ0v) is 12.0. The van der Waals surface area contributed by atoms with Gasteiger partial charge in [-0.3, -0.25) is 4.79 Å². The molecule has 1 amide bonds. The molecule has 1 aromatic rings.